The van der Waals surface area contributed by atoms with Crippen LogP contribution in [0.4, 0.5) is 0 Å². The van der Waals surface area contributed by atoms with Gasteiger partial charge in [-0.1, -0.05) is 60.3 Å². The molecule has 0 N–H and O–H groups in total. The number of thioether (sulfide) groups is 1. The molecule has 31 heavy (non-hydrogen) atoms. The normalized spacial score (nSPS) is 11.4. The molecule has 2 aromatic carbocycles. The molecule has 5 rings (SSSR count). The molecule has 8 heteroatoms. The van der Waals surface area contributed by atoms with Crippen LogP contribution in [0, 0.1) is 0 Å². The zero-order valence-corrected chi connectivity index (χ0v) is 17.6. The predicted octanol–water partition coefficient (Wildman–Crippen LogP) is 3.77. The Morgan fingerprint density at radius 2 is 1.84 bits per heavy atom. The van der Waals surface area contributed by atoms with E-state index in [0.29, 0.717) is 23.5 Å². The highest BCUT2D eigenvalue weighted by Crippen LogP contribution is 2.24. The Bertz CT molecular complexity index is 1430. The molecule has 0 saturated heterocycles. The molecule has 0 atom stereocenters. The number of hydrogen-bond acceptors (Lipinski definition) is 5. The summed E-state index contributed by atoms with van der Waals surface area (Å²) < 4.78 is 5.68. The standard InChI is InChI=1S/C23H20N6OS/c1-2-13-28-21(30)18-10-6-7-11-19(18)29-22(28)25-26-23(29)31-16-20-24-12-14-27(20)15-17-8-4-3-5-9-17/h2-12,14H,1,13,15-16H2. The Morgan fingerprint density at radius 3 is 2.68 bits per heavy atom. The first kappa shape index (κ1) is 19.3. The molecule has 0 radical (unpaired) electrons. The summed E-state index contributed by atoms with van der Waals surface area (Å²) in [5.41, 5.74) is 1.92. The Balaban J connectivity index is 1.51. The summed E-state index contributed by atoms with van der Waals surface area (Å²) in [5.74, 6) is 2.10. The van der Waals surface area contributed by atoms with Crippen molar-refractivity contribution in [2.75, 3.05) is 0 Å². The molecular formula is C23H20N6OS. The molecule has 7 nitrogen and oxygen atoms in total. The van der Waals surface area contributed by atoms with E-state index in [9.17, 15) is 4.79 Å². The summed E-state index contributed by atoms with van der Waals surface area (Å²) in [4.78, 5) is 17.4. The largest absolute Gasteiger partial charge is 0.330 e. The van der Waals surface area contributed by atoms with Gasteiger partial charge in [-0.25, -0.2) is 4.98 Å². The molecule has 0 amide bonds. The van der Waals surface area contributed by atoms with Crippen molar-refractivity contribution < 1.29 is 0 Å². The Labute approximate surface area is 182 Å². The number of fused-ring (bicyclic) bond motifs is 3. The summed E-state index contributed by atoms with van der Waals surface area (Å²) in [6, 6.07) is 17.8. The van der Waals surface area contributed by atoms with Gasteiger partial charge in [0.15, 0.2) is 5.16 Å². The van der Waals surface area contributed by atoms with Gasteiger partial charge in [0.2, 0.25) is 5.78 Å². The van der Waals surface area contributed by atoms with Crippen LogP contribution in [0.2, 0.25) is 0 Å². The minimum absolute atomic E-state index is 0.0923. The molecular weight excluding hydrogens is 408 g/mol. The summed E-state index contributed by atoms with van der Waals surface area (Å²) in [6.07, 6.45) is 5.50. The maximum atomic E-state index is 12.9. The van der Waals surface area contributed by atoms with Gasteiger partial charge in [0.25, 0.3) is 5.56 Å². The van der Waals surface area contributed by atoms with Crippen molar-refractivity contribution in [2.24, 2.45) is 0 Å². The van der Waals surface area contributed by atoms with E-state index in [2.05, 4.69) is 38.5 Å². The van der Waals surface area contributed by atoms with Crippen molar-refractivity contribution in [3.05, 3.63) is 101 Å². The third-order valence-electron chi connectivity index (χ3n) is 5.12. The van der Waals surface area contributed by atoms with Crippen LogP contribution in [0.15, 0.2) is 89.6 Å². The number of imidazole rings is 1. The van der Waals surface area contributed by atoms with Crippen LogP contribution in [0.25, 0.3) is 16.7 Å². The predicted molar refractivity (Wildman–Crippen MR) is 122 cm³/mol. The number of rotatable bonds is 7. The molecule has 0 saturated carbocycles. The van der Waals surface area contributed by atoms with Crippen molar-refractivity contribution >= 4 is 28.4 Å². The van der Waals surface area contributed by atoms with Crippen LogP contribution >= 0.6 is 11.8 Å². The summed E-state index contributed by atoms with van der Waals surface area (Å²) in [5, 5.41) is 10.1. The van der Waals surface area contributed by atoms with E-state index in [1.165, 1.54) is 5.56 Å². The van der Waals surface area contributed by atoms with E-state index in [4.69, 9.17) is 0 Å². The quantitative estimate of drug-likeness (QED) is 0.292. The van der Waals surface area contributed by atoms with Gasteiger partial charge >= 0.3 is 0 Å². The van der Waals surface area contributed by atoms with Gasteiger partial charge in [0, 0.05) is 25.5 Å². The lowest BCUT2D eigenvalue weighted by atomic mass is 10.2. The molecule has 0 bridgehead atoms. The molecule has 5 aromatic rings. The van der Waals surface area contributed by atoms with Gasteiger partial charge in [0.1, 0.15) is 5.82 Å². The van der Waals surface area contributed by atoms with Gasteiger partial charge in [-0.3, -0.25) is 13.8 Å². The number of benzene rings is 2. The maximum Gasteiger partial charge on any atom is 0.263 e. The smallest absolute Gasteiger partial charge is 0.263 e. The Kier molecular flexibility index (Phi) is 5.13. The van der Waals surface area contributed by atoms with E-state index in [1.807, 2.05) is 59.3 Å². The van der Waals surface area contributed by atoms with Crippen molar-refractivity contribution in [3.8, 4) is 0 Å². The maximum absolute atomic E-state index is 12.9. The monoisotopic (exact) mass is 428 g/mol. The highest BCUT2D eigenvalue weighted by atomic mass is 32.2. The zero-order valence-electron chi connectivity index (χ0n) is 16.8. The fourth-order valence-electron chi connectivity index (χ4n) is 3.65. The lowest BCUT2D eigenvalue weighted by Crippen LogP contribution is -2.22. The molecule has 0 fully saturated rings. The van der Waals surface area contributed by atoms with Gasteiger partial charge in [-0.2, -0.15) is 0 Å². The first-order valence-corrected chi connectivity index (χ1v) is 10.9. The molecule has 0 aliphatic rings. The lowest BCUT2D eigenvalue weighted by molar-refractivity contribution is 0.755. The minimum atomic E-state index is -0.0923. The van der Waals surface area contributed by atoms with Crippen LogP contribution < -0.4 is 5.56 Å². The highest BCUT2D eigenvalue weighted by Gasteiger charge is 2.17. The van der Waals surface area contributed by atoms with Gasteiger partial charge in [-0.15, -0.1) is 16.8 Å². The Morgan fingerprint density at radius 1 is 1.03 bits per heavy atom. The van der Waals surface area contributed by atoms with Crippen LogP contribution in [-0.2, 0) is 18.8 Å². The number of allylic oxidation sites excluding steroid dienone is 1. The van der Waals surface area contributed by atoms with Crippen LogP contribution in [0.1, 0.15) is 11.4 Å². The third kappa shape index (κ3) is 3.55. The summed E-state index contributed by atoms with van der Waals surface area (Å²) in [6.45, 7) is 4.91. The molecule has 0 unspecified atom stereocenters. The fourth-order valence-corrected chi connectivity index (χ4v) is 4.56. The molecule has 0 spiro atoms. The van der Waals surface area contributed by atoms with E-state index in [0.717, 1.165) is 23.0 Å². The molecule has 3 aromatic heterocycles. The summed E-state index contributed by atoms with van der Waals surface area (Å²) >= 11 is 1.55. The van der Waals surface area contributed by atoms with Gasteiger partial charge in [0.05, 0.1) is 16.7 Å². The number of hydrogen-bond donors (Lipinski definition) is 0. The molecule has 0 aliphatic carbocycles. The van der Waals surface area contributed by atoms with E-state index in [-0.39, 0.29) is 5.56 Å². The average molecular weight is 429 g/mol. The first-order chi connectivity index (χ1) is 15.3. The number of aromatic nitrogens is 6. The van der Waals surface area contributed by atoms with Crippen LogP contribution in [-0.4, -0.2) is 28.7 Å². The fraction of sp³-hybridized carbons (Fsp3) is 0.130. The van der Waals surface area contributed by atoms with Gasteiger partial charge in [-0.05, 0) is 17.7 Å². The van der Waals surface area contributed by atoms with Crippen molar-refractivity contribution in [1.29, 1.82) is 0 Å². The van der Waals surface area contributed by atoms with Crippen molar-refractivity contribution in [1.82, 2.24) is 28.7 Å². The first-order valence-electron chi connectivity index (χ1n) is 9.90. The SMILES string of the molecule is C=CCn1c(=O)c2ccccc2n2c(SCc3nccn3Cc3ccccc3)nnc12. The van der Waals surface area contributed by atoms with Crippen LogP contribution in [0.5, 0.6) is 0 Å². The zero-order chi connectivity index (χ0) is 21.2. The second kappa shape index (κ2) is 8.23. The second-order valence-electron chi connectivity index (χ2n) is 7.09. The lowest BCUT2D eigenvalue weighted by Gasteiger charge is -2.10. The van der Waals surface area contributed by atoms with Crippen molar-refractivity contribution in [3.63, 3.8) is 0 Å². The van der Waals surface area contributed by atoms with E-state index < -0.39 is 0 Å². The van der Waals surface area contributed by atoms with E-state index in [1.54, 1.807) is 22.4 Å². The topological polar surface area (TPSA) is 70.0 Å². The Hall–Kier alpha value is -3.65. The molecule has 0 aliphatic heterocycles. The highest BCUT2D eigenvalue weighted by molar-refractivity contribution is 7.98. The third-order valence-corrected chi connectivity index (χ3v) is 6.04. The summed E-state index contributed by atoms with van der Waals surface area (Å²) in [7, 11) is 0. The van der Waals surface area contributed by atoms with Crippen LogP contribution in [0.3, 0.4) is 0 Å². The average Bonchev–Trinajstić information content (AvgIpc) is 3.43. The number of para-hydroxylation sites is 1. The van der Waals surface area contributed by atoms with E-state index >= 15 is 0 Å². The number of nitrogens with zero attached hydrogens (tertiary/aromatic N) is 6. The van der Waals surface area contributed by atoms with Gasteiger partial charge < -0.3 is 4.57 Å². The minimum Gasteiger partial charge on any atom is -0.330 e. The molecule has 154 valence electrons. The molecule has 3 heterocycles. The second-order valence-corrected chi connectivity index (χ2v) is 8.03. The van der Waals surface area contributed by atoms with Crippen molar-refractivity contribution in [2.45, 2.75) is 24.0 Å².